The minimum Gasteiger partial charge on any atom is -0.462 e. The predicted octanol–water partition coefficient (Wildman–Crippen LogP) is 2.97. The Morgan fingerprint density at radius 3 is 2.70 bits per heavy atom. The average Bonchev–Trinajstić information content (AvgIpc) is 2.71. The highest BCUT2D eigenvalue weighted by molar-refractivity contribution is 6.31. The van der Waals surface area contributed by atoms with E-state index in [1.807, 2.05) is 0 Å². The summed E-state index contributed by atoms with van der Waals surface area (Å²) in [4.78, 5) is 50.6. The number of halogens is 2. The SMILES string of the molecule is CCOC(=O)c1ccccc1NC(=O)C1CNC(=O)N(c2ccc(F)c(Cl)c2)C1=O. The van der Waals surface area contributed by atoms with Crippen molar-refractivity contribution in [3.05, 3.63) is 58.9 Å². The lowest BCUT2D eigenvalue weighted by Gasteiger charge is -2.30. The van der Waals surface area contributed by atoms with Gasteiger partial charge >= 0.3 is 12.0 Å². The molecule has 2 N–H and O–H groups in total. The maximum Gasteiger partial charge on any atom is 0.340 e. The molecule has 0 aromatic heterocycles. The molecule has 0 saturated carbocycles. The van der Waals surface area contributed by atoms with Gasteiger partial charge in [-0.05, 0) is 37.3 Å². The summed E-state index contributed by atoms with van der Waals surface area (Å²) in [5.41, 5.74) is 0.317. The van der Waals surface area contributed by atoms with Crippen LogP contribution in [-0.2, 0) is 14.3 Å². The fourth-order valence-corrected chi connectivity index (χ4v) is 3.06. The first-order valence-corrected chi connectivity index (χ1v) is 9.35. The van der Waals surface area contributed by atoms with Crippen LogP contribution < -0.4 is 15.5 Å². The molecule has 156 valence electrons. The van der Waals surface area contributed by atoms with Crippen molar-refractivity contribution in [2.24, 2.45) is 5.92 Å². The normalized spacial score (nSPS) is 16.1. The highest BCUT2D eigenvalue weighted by atomic mass is 35.5. The van der Waals surface area contributed by atoms with Crippen LogP contribution >= 0.6 is 11.6 Å². The molecule has 2 aromatic rings. The van der Waals surface area contributed by atoms with E-state index in [0.717, 1.165) is 17.0 Å². The first-order valence-electron chi connectivity index (χ1n) is 8.97. The maximum atomic E-state index is 13.4. The Labute approximate surface area is 175 Å². The van der Waals surface area contributed by atoms with Crippen LogP contribution in [0, 0.1) is 11.7 Å². The van der Waals surface area contributed by atoms with Gasteiger partial charge in [-0.1, -0.05) is 23.7 Å². The second-order valence-corrected chi connectivity index (χ2v) is 6.67. The summed E-state index contributed by atoms with van der Waals surface area (Å²) in [6.07, 6.45) is 0. The molecular formula is C20H17ClFN3O5. The third-order valence-electron chi connectivity index (χ3n) is 4.34. The molecule has 1 heterocycles. The van der Waals surface area contributed by atoms with E-state index >= 15 is 0 Å². The number of amides is 4. The topological polar surface area (TPSA) is 105 Å². The van der Waals surface area contributed by atoms with E-state index in [4.69, 9.17) is 16.3 Å². The van der Waals surface area contributed by atoms with Crippen LogP contribution in [0.3, 0.4) is 0 Å². The number of nitrogens with zero attached hydrogens (tertiary/aromatic N) is 1. The van der Waals surface area contributed by atoms with E-state index in [2.05, 4.69) is 10.6 Å². The summed E-state index contributed by atoms with van der Waals surface area (Å²) in [6, 6.07) is 8.75. The number of nitrogens with one attached hydrogen (secondary N) is 2. The lowest BCUT2D eigenvalue weighted by atomic mass is 10.0. The van der Waals surface area contributed by atoms with Crippen molar-refractivity contribution in [1.82, 2.24) is 5.32 Å². The molecule has 8 nitrogen and oxygen atoms in total. The van der Waals surface area contributed by atoms with Gasteiger partial charge in [0.25, 0.3) is 0 Å². The second kappa shape index (κ2) is 8.91. The molecule has 1 aliphatic heterocycles. The first-order chi connectivity index (χ1) is 14.3. The van der Waals surface area contributed by atoms with E-state index in [9.17, 15) is 23.6 Å². The zero-order valence-corrected chi connectivity index (χ0v) is 16.5. The number of carbonyl (C=O) groups excluding carboxylic acids is 4. The van der Waals surface area contributed by atoms with E-state index in [0.29, 0.717) is 0 Å². The Kier molecular flexibility index (Phi) is 6.31. The highest BCUT2D eigenvalue weighted by Crippen LogP contribution is 2.26. The van der Waals surface area contributed by atoms with Crippen LogP contribution in [0.1, 0.15) is 17.3 Å². The average molecular weight is 434 g/mol. The summed E-state index contributed by atoms with van der Waals surface area (Å²) in [7, 11) is 0. The molecule has 1 fully saturated rings. The Morgan fingerprint density at radius 1 is 1.27 bits per heavy atom. The molecule has 0 bridgehead atoms. The van der Waals surface area contributed by atoms with E-state index in [1.54, 1.807) is 19.1 Å². The van der Waals surface area contributed by atoms with Crippen molar-refractivity contribution in [1.29, 1.82) is 0 Å². The molecule has 1 unspecified atom stereocenters. The van der Waals surface area contributed by atoms with Crippen molar-refractivity contribution < 1.29 is 28.3 Å². The minimum atomic E-state index is -1.28. The molecule has 0 spiro atoms. The number of esters is 1. The number of benzene rings is 2. The third kappa shape index (κ3) is 4.25. The quantitative estimate of drug-likeness (QED) is 0.557. The van der Waals surface area contributed by atoms with Crippen molar-refractivity contribution in [2.45, 2.75) is 6.92 Å². The van der Waals surface area contributed by atoms with Gasteiger partial charge in [-0.25, -0.2) is 18.9 Å². The molecule has 1 aliphatic rings. The van der Waals surface area contributed by atoms with E-state index in [-0.39, 0.29) is 35.1 Å². The molecule has 2 aromatic carbocycles. The van der Waals surface area contributed by atoms with Gasteiger partial charge in [0.15, 0.2) is 0 Å². The van der Waals surface area contributed by atoms with Crippen LogP contribution in [0.25, 0.3) is 0 Å². The number of urea groups is 1. The lowest BCUT2D eigenvalue weighted by Crippen LogP contribution is -2.58. The Morgan fingerprint density at radius 2 is 2.00 bits per heavy atom. The highest BCUT2D eigenvalue weighted by Gasteiger charge is 2.40. The number of imide groups is 1. The zero-order chi connectivity index (χ0) is 21.8. The summed E-state index contributed by atoms with van der Waals surface area (Å²) >= 11 is 5.74. The Balaban J connectivity index is 1.83. The summed E-state index contributed by atoms with van der Waals surface area (Å²) in [5, 5.41) is 4.70. The number of rotatable bonds is 5. The van der Waals surface area contributed by atoms with Crippen LogP contribution in [0.2, 0.25) is 5.02 Å². The summed E-state index contributed by atoms with van der Waals surface area (Å²) in [6.45, 7) is 1.57. The minimum absolute atomic E-state index is 0.0216. The number of para-hydroxylation sites is 1. The predicted molar refractivity (Wildman–Crippen MR) is 107 cm³/mol. The first kappa shape index (κ1) is 21.3. The van der Waals surface area contributed by atoms with Crippen LogP contribution in [0.4, 0.5) is 20.6 Å². The maximum absolute atomic E-state index is 13.4. The van der Waals surface area contributed by atoms with Crippen molar-refractivity contribution >= 4 is 46.8 Å². The fraction of sp³-hybridized carbons (Fsp3) is 0.200. The Bertz CT molecular complexity index is 1030. The van der Waals surface area contributed by atoms with Gasteiger partial charge in [-0.3, -0.25) is 9.59 Å². The molecular weight excluding hydrogens is 417 g/mol. The second-order valence-electron chi connectivity index (χ2n) is 6.27. The van der Waals surface area contributed by atoms with E-state index in [1.165, 1.54) is 18.2 Å². The molecule has 3 rings (SSSR count). The van der Waals surface area contributed by atoms with Gasteiger partial charge < -0.3 is 15.4 Å². The van der Waals surface area contributed by atoms with Gasteiger partial charge in [-0.15, -0.1) is 0 Å². The third-order valence-corrected chi connectivity index (χ3v) is 4.63. The van der Waals surface area contributed by atoms with E-state index < -0.39 is 35.5 Å². The Hall–Kier alpha value is -3.46. The zero-order valence-electron chi connectivity index (χ0n) is 15.8. The lowest BCUT2D eigenvalue weighted by molar-refractivity contribution is -0.130. The molecule has 1 saturated heterocycles. The number of hydrogen-bond donors (Lipinski definition) is 2. The van der Waals surface area contributed by atoms with Gasteiger partial charge in [0.2, 0.25) is 11.8 Å². The van der Waals surface area contributed by atoms with Crippen LogP contribution in [0.15, 0.2) is 42.5 Å². The van der Waals surface area contributed by atoms with Gasteiger partial charge in [0.1, 0.15) is 11.7 Å². The van der Waals surface area contributed by atoms with Gasteiger partial charge in [-0.2, -0.15) is 0 Å². The number of ether oxygens (including phenoxy) is 1. The van der Waals surface area contributed by atoms with Crippen molar-refractivity contribution in [2.75, 3.05) is 23.4 Å². The van der Waals surface area contributed by atoms with Crippen molar-refractivity contribution in [3.8, 4) is 0 Å². The molecule has 1 atom stereocenters. The monoisotopic (exact) mass is 433 g/mol. The van der Waals surface area contributed by atoms with Crippen LogP contribution in [-0.4, -0.2) is 37.0 Å². The van der Waals surface area contributed by atoms with Crippen molar-refractivity contribution in [3.63, 3.8) is 0 Å². The standard InChI is InChI=1S/C20H17ClFN3O5/c1-2-30-19(28)12-5-3-4-6-16(12)24-17(26)13-10-23-20(29)25(18(13)27)11-7-8-15(22)14(21)9-11/h3-9,13H,2,10H2,1H3,(H,23,29)(H,24,26). The fourth-order valence-electron chi connectivity index (χ4n) is 2.88. The molecule has 10 heteroatoms. The van der Waals surface area contributed by atoms with Gasteiger partial charge in [0, 0.05) is 6.54 Å². The summed E-state index contributed by atoms with van der Waals surface area (Å²) in [5.74, 6) is -4.15. The van der Waals surface area contributed by atoms with Gasteiger partial charge in [0.05, 0.1) is 28.6 Å². The number of hydrogen-bond acceptors (Lipinski definition) is 5. The summed E-state index contributed by atoms with van der Waals surface area (Å²) < 4.78 is 18.4. The number of carbonyl (C=O) groups is 4. The molecule has 4 amide bonds. The molecule has 0 aliphatic carbocycles. The largest absolute Gasteiger partial charge is 0.462 e. The van der Waals surface area contributed by atoms with Crippen LogP contribution in [0.5, 0.6) is 0 Å². The smallest absolute Gasteiger partial charge is 0.340 e. The molecule has 0 radical (unpaired) electrons. The molecule has 30 heavy (non-hydrogen) atoms. The number of anilines is 2.